The van der Waals surface area contributed by atoms with Crippen LogP contribution in [0.2, 0.25) is 0 Å². The summed E-state index contributed by atoms with van der Waals surface area (Å²) < 4.78 is 5.11. The number of ether oxygens (including phenoxy) is 1. The highest BCUT2D eigenvalue weighted by Crippen LogP contribution is 2.11. The fourth-order valence-corrected chi connectivity index (χ4v) is 1.63. The molecule has 0 aliphatic rings. The summed E-state index contributed by atoms with van der Waals surface area (Å²) in [7, 11) is 1.59. The molecule has 0 heterocycles. The average Bonchev–Trinajstić information content (AvgIpc) is 2.49. The van der Waals surface area contributed by atoms with Gasteiger partial charge in [-0.05, 0) is 23.6 Å². The van der Waals surface area contributed by atoms with E-state index < -0.39 is 6.04 Å². The lowest BCUT2D eigenvalue weighted by Gasteiger charge is -2.15. The fourth-order valence-electron chi connectivity index (χ4n) is 1.63. The predicted octanol–water partition coefficient (Wildman–Crippen LogP) is 0.411. The molecule has 0 fully saturated rings. The van der Waals surface area contributed by atoms with Gasteiger partial charge in [0.25, 0.3) is 0 Å². The first-order chi connectivity index (χ1) is 9.93. The number of hydrogen-bond donors (Lipinski definition) is 3. The standard InChI is InChI=1S/C15H23N3O3/c1-10(2)14(16)15(20)18-9-13(19)17-8-11-5-4-6-12(7-11)21-3/h4-7,10,14H,8-9,16H2,1-3H3,(H,17,19)(H,18,20)/t14-/m0/s1. The van der Waals surface area contributed by atoms with E-state index in [1.54, 1.807) is 7.11 Å². The van der Waals surface area contributed by atoms with Crippen LogP contribution in [0.5, 0.6) is 5.75 Å². The molecular weight excluding hydrogens is 270 g/mol. The summed E-state index contributed by atoms with van der Waals surface area (Å²) in [6.07, 6.45) is 0. The second-order valence-electron chi connectivity index (χ2n) is 5.12. The quantitative estimate of drug-likeness (QED) is 0.679. The van der Waals surface area contributed by atoms with Crippen LogP contribution in [-0.2, 0) is 16.1 Å². The molecule has 116 valence electrons. The topological polar surface area (TPSA) is 93.5 Å². The molecule has 1 aromatic rings. The summed E-state index contributed by atoms with van der Waals surface area (Å²) in [6.45, 7) is 4.01. The lowest BCUT2D eigenvalue weighted by molar-refractivity contribution is -0.127. The van der Waals surface area contributed by atoms with Gasteiger partial charge in [0, 0.05) is 6.54 Å². The third kappa shape index (κ3) is 5.83. The van der Waals surface area contributed by atoms with Crippen molar-refractivity contribution in [3.8, 4) is 5.75 Å². The first-order valence-corrected chi connectivity index (χ1v) is 6.87. The molecule has 0 aliphatic heterocycles. The summed E-state index contributed by atoms with van der Waals surface area (Å²) in [6, 6.07) is 6.81. The lowest BCUT2D eigenvalue weighted by Crippen LogP contribution is -2.47. The second-order valence-corrected chi connectivity index (χ2v) is 5.12. The van der Waals surface area contributed by atoms with E-state index in [0.29, 0.717) is 6.54 Å². The Morgan fingerprint density at radius 3 is 2.62 bits per heavy atom. The predicted molar refractivity (Wildman–Crippen MR) is 80.7 cm³/mol. The van der Waals surface area contributed by atoms with E-state index in [4.69, 9.17) is 10.5 Å². The van der Waals surface area contributed by atoms with E-state index >= 15 is 0 Å². The summed E-state index contributed by atoms with van der Waals surface area (Å²) in [5.41, 5.74) is 6.61. The molecule has 0 saturated heterocycles. The number of carbonyl (C=O) groups is 2. The molecule has 2 amide bonds. The second kappa shape index (κ2) is 8.26. The minimum absolute atomic E-state index is 0.0323. The number of methoxy groups -OCH3 is 1. The smallest absolute Gasteiger partial charge is 0.239 e. The highest BCUT2D eigenvalue weighted by Gasteiger charge is 2.17. The highest BCUT2D eigenvalue weighted by atomic mass is 16.5. The van der Waals surface area contributed by atoms with Crippen molar-refractivity contribution in [1.29, 1.82) is 0 Å². The van der Waals surface area contributed by atoms with Crippen molar-refractivity contribution in [2.75, 3.05) is 13.7 Å². The van der Waals surface area contributed by atoms with Gasteiger partial charge in [0.2, 0.25) is 11.8 Å². The van der Waals surface area contributed by atoms with Crippen LogP contribution >= 0.6 is 0 Å². The maximum Gasteiger partial charge on any atom is 0.239 e. The SMILES string of the molecule is COc1cccc(CNC(=O)CNC(=O)[C@@H](N)C(C)C)c1. The van der Waals surface area contributed by atoms with Crippen molar-refractivity contribution in [2.24, 2.45) is 11.7 Å². The molecule has 6 nitrogen and oxygen atoms in total. The number of hydrogen-bond acceptors (Lipinski definition) is 4. The molecule has 0 aliphatic carbocycles. The Balaban J connectivity index is 2.35. The van der Waals surface area contributed by atoms with Crippen LogP contribution in [-0.4, -0.2) is 31.5 Å². The third-order valence-electron chi connectivity index (χ3n) is 3.07. The maximum absolute atomic E-state index is 11.7. The Bertz CT molecular complexity index is 489. The van der Waals surface area contributed by atoms with Crippen molar-refractivity contribution in [3.63, 3.8) is 0 Å². The van der Waals surface area contributed by atoms with Gasteiger partial charge in [-0.1, -0.05) is 26.0 Å². The number of nitrogens with one attached hydrogen (secondary N) is 2. The van der Waals surface area contributed by atoms with Gasteiger partial charge in [0.15, 0.2) is 0 Å². The van der Waals surface area contributed by atoms with Crippen LogP contribution in [0.1, 0.15) is 19.4 Å². The molecule has 0 saturated carbocycles. The largest absolute Gasteiger partial charge is 0.497 e. The summed E-state index contributed by atoms with van der Waals surface area (Å²) >= 11 is 0. The minimum Gasteiger partial charge on any atom is -0.497 e. The van der Waals surface area contributed by atoms with Crippen LogP contribution in [0.3, 0.4) is 0 Å². The molecule has 0 radical (unpaired) electrons. The molecule has 21 heavy (non-hydrogen) atoms. The van der Waals surface area contributed by atoms with Crippen LogP contribution < -0.4 is 21.1 Å². The first-order valence-electron chi connectivity index (χ1n) is 6.87. The summed E-state index contributed by atoms with van der Waals surface area (Å²) in [5, 5.41) is 5.25. The van der Waals surface area contributed by atoms with Crippen LogP contribution in [0, 0.1) is 5.92 Å². The van der Waals surface area contributed by atoms with E-state index in [-0.39, 0.29) is 24.3 Å². The Labute approximate surface area is 125 Å². The van der Waals surface area contributed by atoms with E-state index in [9.17, 15) is 9.59 Å². The van der Waals surface area contributed by atoms with Crippen LogP contribution in [0.25, 0.3) is 0 Å². The molecule has 1 aromatic carbocycles. The van der Waals surface area contributed by atoms with E-state index in [1.165, 1.54) is 0 Å². The zero-order chi connectivity index (χ0) is 15.8. The monoisotopic (exact) mass is 293 g/mol. The number of carbonyl (C=O) groups excluding carboxylic acids is 2. The van der Waals surface area contributed by atoms with E-state index in [2.05, 4.69) is 10.6 Å². The van der Waals surface area contributed by atoms with Gasteiger partial charge < -0.3 is 21.1 Å². The first kappa shape index (κ1) is 17.0. The van der Waals surface area contributed by atoms with Gasteiger partial charge in [0.05, 0.1) is 19.7 Å². The van der Waals surface area contributed by atoms with Crippen molar-refractivity contribution < 1.29 is 14.3 Å². The van der Waals surface area contributed by atoms with Crippen LogP contribution in [0.15, 0.2) is 24.3 Å². The summed E-state index contributed by atoms with van der Waals surface area (Å²) in [5.74, 6) is 0.187. The zero-order valence-electron chi connectivity index (χ0n) is 12.7. The maximum atomic E-state index is 11.7. The Morgan fingerprint density at radius 1 is 1.29 bits per heavy atom. The van der Waals surface area contributed by atoms with E-state index in [0.717, 1.165) is 11.3 Å². The normalized spacial score (nSPS) is 11.9. The van der Waals surface area contributed by atoms with Gasteiger partial charge >= 0.3 is 0 Å². The molecule has 0 bridgehead atoms. The lowest BCUT2D eigenvalue weighted by atomic mass is 10.1. The fraction of sp³-hybridized carbons (Fsp3) is 0.467. The molecule has 0 unspecified atom stereocenters. The molecule has 0 spiro atoms. The highest BCUT2D eigenvalue weighted by molar-refractivity contribution is 5.87. The van der Waals surface area contributed by atoms with Gasteiger partial charge in [-0.25, -0.2) is 0 Å². The molecular formula is C15H23N3O3. The third-order valence-corrected chi connectivity index (χ3v) is 3.07. The Kier molecular flexibility index (Phi) is 6.68. The summed E-state index contributed by atoms with van der Waals surface area (Å²) in [4.78, 5) is 23.3. The molecule has 0 aromatic heterocycles. The van der Waals surface area contributed by atoms with Crippen molar-refractivity contribution in [3.05, 3.63) is 29.8 Å². The molecule has 1 atom stereocenters. The van der Waals surface area contributed by atoms with Gasteiger partial charge in [-0.2, -0.15) is 0 Å². The van der Waals surface area contributed by atoms with Crippen molar-refractivity contribution in [1.82, 2.24) is 10.6 Å². The van der Waals surface area contributed by atoms with Crippen molar-refractivity contribution >= 4 is 11.8 Å². The number of amides is 2. The zero-order valence-corrected chi connectivity index (χ0v) is 12.7. The number of nitrogens with two attached hydrogens (primary N) is 1. The van der Waals surface area contributed by atoms with E-state index in [1.807, 2.05) is 38.1 Å². The Morgan fingerprint density at radius 2 is 2.00 bits per heavy atom. The molecule has 1 rings (SSSR count). The Hall–Kier alpha value is -2.08. The van der Waals surface area contributed by atoms with Crippen LogP contribution in [0.4, 0.5) is 0 Å². The molecule has 4 N–H and O–H groups in total. The number of benzene rings is 1. The van der Waals surface area contributed by atoms with Gasteiger partial charge in [-0.3, -0.25) is 9.59 Å². The minimum atomic E-state index is -0.601. The average molecular weight is 293 g/mol. The molecule has 6 heteroatoms. The number of rotatable bonds is 7. The van der Waals surface area contributed by atoms with Crippen molar-refractivity contribution in [2.45, 2.75) is 26.4 Å². The van der Waals surface area contributed by atoms with Gasteiger partial charge in [-0.15, -0.1) is 0 Å². The van der Waals surface area contributed by atoms with Gasteiger partial charge in [0.1, 0.15) is 5.75 Å².